The minimum Gasteiger partial charge on any atom is -0.451 e. The van der Waals surface area contributed by atoms with E-state index in [-0.39, 0.29) is 5.56 Å². The summed E-state index contributed by atoms with van der Waals surface area (Å²) in [6.07, 6.45) is -4.00. The predicted molar refractivity (Wildman–Crippen MR) is 61.9 cm³/mol. The molecule has 6 heteroatoms. The second-order valence-corrected chi connectivity index (χ2v) is 4.64. The number of esters is 1. The fourth-order valence-corrected chi connectivity index (χ4v) is 2.02. The zero-order chi connectivity index (χ0) is 13.3. The average Bonchev–Trinajstić information content (AvgIpc) is 2.53. The van der Waals surface area contributed by atoms with E-state index in [0.717, 1.165) is 0 Å². The quantitative estimate of drug-likeness (QED) is 0.661. The normalized spacial score (nSPS) is 35.4. The van der Waals surface area contributed by atoms with E-state index in [9.17, 15) is 14.3 Å². The number of alkyl halides is 2. The lowest BCUT2D eigenvalue weighted by atomic mass is 10.1. The Morgan fingerprint density at radius 3 is 2.61 bits per heavy atom. The number of halogens is 2. The fraction of sp³-hybridized carbons (Fsp3) is 0.417. The smallest absolute Gasteiger partial charge is 0.338 e. The van der Waals surface area contributed by atoms with Crippen molar-refractivity contribution in [1.82, 2.24) is 0 Å². The van der Waals surface area contributed by atoms with Crippen LogP contribution >= 0.6 is 11.6 Å². The summed E-state index contributed by atoms with van der Waals surface area (Å²) in [6, 6.07) is 8.12. The Kier molecular flexibility index (Phi) is 3.56. The number of aliphatic hydroxyl groups excluding tert-OH is 1. The van der Waals surface area contributed by atoms with Gasteiger partial charge in [-0.25, -0.2) is 9.18 Å². The summed E-state index contributed by atoms with van der Waals surface area (Å²) in [4.78, 5) is 11.8. The summed E-state index contributed by atoms with van der Waals surface area (Å²) in [5.74, 6) is -0.715. The maximum absolute atomic E-state index is 13.9. The Hall–Kier alpha value is -1.17. The first-order valence-electron chi connectivity index (χ1n) is 5.40. The van der Waals surface area contributed by atoms with Gasteiger partial charge in [-0.15, -0.1) is 0 Å². The molecule has 1 aromatic carbocycles. The van der Waals surface area contributed by atoms with Crippen LogP contribution < -0.4 is 0 Å². The minimum atomic E-state index is -2.64. The van der Waals surface area contributed by atoms with E-state index < -0.39 is 29.6 Å². The van der Waals surface area contributed by atoms with Gasteiger partial charge in [-0.05, 0) is 19.1 Å². The molecule has 1 aliphatic heterocycles. The number of aliphatic hydroxyl groups is 1. The molecule has 1 aromatic rings. The van der Waals surface area contributed by atoms with Gasteiger partial charge in [-0.2, -0.15) is 0 Å². The van der Waals surface area contributed by atoms with Crippen LogP contribution in [0.15, 0.2) is 30.3 Å². The Bertz CT molecular complexity index is 437. The van der Waals surface area contributed by atoms with Gasteiger partial charge in [-0.1, -0.05) is 29.8 Å². The van der Waals surface area contributed by atoms with E-state index >= 15 is 0 Å². The van der Waals surface area contributed by atoms with E-state index in [1.165, 1.54) is 19.1 Å². The standard InChI is InChI=1S/C12H12ClFO4/c1-7-9(12(13,14)11(16)17-7)18-10(15)8-5-3-2-4-6-8/h2-7,9,11,16H,1H3/t7-,9-,11?,12-/m1/s1. The molecule has 0 radical (unpaired) electrons. The summed E-state index contributed by atoms with van der Waals surface area (Å²) in [5.41, 5.74) is 0.276. The molecule has 1 unspecified atom stereocenters. The second-order valence-electron chi connectivity index (χ2n) is 4.06. The monoisotopic (exact) mass is 274 g/mol. The highest BCUT2D eigenvalue weighted by Crippen LogP contribution is 2.39. The molecule has 0 spiro atoms. The summed E-state index contributed by atoms with van der Waals surface area (Å²) in [7, 11) is 0. The van der Waals surface area contributed by atoms with Crippen molar-refractivity contribution in [3.63, 3.8) is 0 Å². The van der Waals surface area contributed by atoms with E-state index in [2.05, 4.69) is 0 Å². The van der Waals surface area contributed by atoms with Crippen molar-refractivity contribution in [1.29, 1.82) is 0 Å². The SMILES string of the molecule is C[C@H]1OC(O)[C@@](F)(Cl)[C@@H]1OC(=O)c1ccccc1. The third-order valence-corrected chi connectivity index (χ3v) is 3.12. The summed E-state index contributed by atoms with van der Waals surface area (Å²) < 4.78 is 23.7. The van der Waals surface area contributed by atoms with Crippen molar-refractivity contribution in [2.75, 3.05) is 0 Å². The molecule has 18 heavy (non-hydrogen) atoms. The third-order valence-electron chi connectivity index (χ3n) is 2.72. The summed E-state index contributed by atoms with van der Waals surface area (Å²) >= 11 is 5.49. The molecule has 0 aromatic heterocycles. The van der Waals surface area contributed by atoms with Crippen molar-refractivity contribution in [3.8, 4) is 0 Å². The maximum atomic E-state index is 13.9. The molecular weight excluding hydrogens is 263 g/mol. The van der Waals surface area contributed by atoms with Crippen LogP contribution in [-0.2, 0) is 9.47 Å². The molecule has 1 fully saturated rings. The number of carbonyl (C=O) groups excluding carboxylic acids is 1. The van der Waals surface area contributed by atoms with Gasteiger partial charge < -0.3 is 14.6 Å². The summed E-state index contributed by atoms with van der Waals surface area (Å²) in [5, 5.41) is 6.63. The number of rotatable bonds is 2. The highest BCUT2D eigenvalue weighted by atomic mass is 35.5. The molecule has 1 aliphatic rings. The largest absolute Gasteiger partial charge is 0.451 e. The molecule has 1 saturated heterocycles. The van der Waals surface area contributed by atoms with Crippen LogP contribution in [0.1, 0.15) is 17.3 Å². The van der Waals surface area contributed by atoms with Gasteiger partial charge in [0.1, 0.15) is 0 Å². The van der Waals surface area contributed by atoms with Crippen molar-refractivity contribution in [3.05, 3.63) is 35.9 Å². The molecule has 1 heterocycles. The molecule has 0 amide bonds. The van der Waals surface area contributed by atoms with Gasteiger partial charge >= 0.3 is 5.97 Å². The predicted octanol–water partition coefficient (Wildman–Crippen LogP) is 1.85. The maximum Gasteiger partial charge on any atom is 0.338 e. The molecule has 2 rings (SSSR count). The van der Waals surface area contributed by atoms with Crippen LogP contribution in [0.2, 0.25) is 0 Å². The van der Waals surface area contributed by atoms with Gasteiger partial charge in [0, 0.05) is 0 Å². The summed E-state index contributed by atoms with van der Waals surface area (Å²) in [6.45, 7) is 1.47. The molecule has 0 bridgehead atoms. The Balaban J connectivity index is 2.12. The number of hydrogen-bond acceptors (Lipinski definition) is 4. The second kappa shape index (κ2) is 4.84. The molecule has 98 valence electrons. The average molecular weight is 275 g/mol. The van der Waals surface area contributed by atoms with Gasteiger partial charge in [0.15, 0.2) is 6.10 Å². The van der Waals surface area contributed by atoms with Crippen LogP contribution in [0, 0.1) is 0 Å². The zero-order valence-electron chi connectivity index (χ0n) is 9.55. The molecule has 1 N–H and O–H groups in total. The molecule has 4 nitrogen and oxygen atoms in total. The molecule has 0 aliphatic carbocycles. The van der Waals surface area contributed by atoms with Gasteiger partial charge in [-0.3, -0.25) is 0 Å². The Morgan fingerprint density at radius 1 is 1.50 bits per heavy atom. The number of carbonyl (C=O) groups is 1. The van der Waals surface area contributed by atoms with E-state index in [4.69, 9.17) is 21.1 Å². The molecule has 0 saturated carbocycles. The lowest BCUT2D eigenvalue weighted by Crippen LogP contribution is -2.41. The number of benzene rings is 1. The first-order chi connectivity index (χ1) is 8.43. The number of hydrogen-bond donors (Lipinski definition) is 1. The highest BCUT2D eigenvalue weighted by molar-refractivity contribution is 6.24. The van der Waals surface area contributed by atoms with Crippen molar-refractivity contribution in [2.24, 2.45) is 0 Å². The van der Waals surface area contributed by atoms with Crippen LogP contribution in [0.3, 0.4) is 0 Å². The zero-order valence-corrected chi connectivity index (χ0v) is 10.3. The first-order valence-corrected chi connectivity index (χ1v) is 5.78. The van der Waals surface area contributed by atoms with Gasteiger partial charge in [0.2, 0.25) is 6.29 Å². The molecular formula is C12H12ClFO4. The Morgan fingerprint density at radius 2 is 2.11 bits per heavy atom. The van der Waals surface area contributed by atoms with Crippen molar-refractivity contribution in [2.45, 2.75) is 30.5 Å². The van der Waals surface area contributed by atoms with E-state index in [0.29, 0.717) is 0 Å². The number of ether oxygens (including phenoxy) is 2. The van der Waals surface area contributed by atoms with Gasteiger partial charge in [0.25, 0.3) is 5.13 Å². The Labute approximate surface area is 108 Å². The van der Waals surface area contributed by atoms with Crippen molar-refractivity contribution >= 4 is 17.6 Å². The molecule has 4 atom stereocenters. The topological polar surface area (TPSA) is 55.8 Å². The lowest BCUT2D eigenvalue weighted by molar-refractivity contribution is -0.118. The van der Waals surface area contributed by atoms with Gasteiger partial charge in [0.05, 0.1) is 11.7 Å². The highest BCUT2D eigenvalue weighted by Gasteiger charge is 2.57. The van der Waals surface area contributed by atoms with E-state index in [1.807, 2.05) is 0 Å². The van der Waals surface area contributed by atoms with E-state index in [1.54, 1.807) is 18.2 Å². The lowest BCUT2D eigenvalue weighted by Gasteiger charge is -2.22. The van der Waals surface area contributed by atoms with Crippen LogP contribution in [0.4, 0.5) is 4.39 Å². The fourth-order valence-electron chi connectivity index (χ4n) is 1.75. The van der Waals surface area contributed by atoms with Crippen LogP contribution in [-0.4, -0.2) is 34.7 Å². The minimum absolute atomic E-state index is 0.276. The third kappa shape index (κ3) is 2.34. The first kappa shape index (κ1) is 13.3. The van der Waals surface area contributed by atoms with Crippen LogP contribution in [0.25, 0.3) is 0 Å². The van der Waals surface area contributed by atoms with Crippen LogP contribution in [0.5, 0.6) is 0 Å². The van der Waals surface area contributed by atoms with Crippen molar-refractivity contribution < 1.29 is 23.8 Å².